The summed E-state index contributed by atoms with van der Waals surface area (Å²) < 4.78 is 39.8. The predicted molar refractivity (Wildman–Crippen MR) is 87.3 cm³/mol. The van der Waals surface area contributed by atoms with Crippen molar-refractivity contribution >= 4 is 5.82 Å². The van der Waals surface area contributed by atoms with Crippen LogP contribution in [-0.2, 0) is 0 Å². The van der Waals surface area contributed by atoms with Gasteiger partial charge in [-0.15, -0.1) is 0 Å². The molecular formula is C18H20F3N3. The van der Waals surface area contributed by atoms with Crippen LogP contribution >= 0.6 is 0 Å². The summed E-state index contributed by atoms with van der Waals surface area (Å²) in [7, 11) is 0. The van der Waals surface area contributed by atoms with Crippen molar-refractivity contribution in [1.82, 2.24) is 10.3 Å². The second-order valence-electron chi connectivity index (χ2n) is 6.14. The molecule has 1 unspecified atom stereocenters. The maximum atomic E-state index is 13.4. The average Bonchev–Trinajstić information content (AvgIpc) is 2.60. The smallest absolute Gasteiger partial charge is 0.194 e. The molecule has 0 aliphatic carbocycles. The second-order valence-corrected chi connectivity index (χ2v) is 6.14. The highest BCUT2D eigenvalue weighted by molar-refractivity contribution is 5.38. The third-order valence-electron chi connectivity index (χ3n) is 4.46. The Balaban J connectivity index is 1.58. The zero-order valence-corrected chi connectivity index (χ0v) is 13.5. The number of aromatic nitrogens is 1. The highest BCUT2D eigenvalue weighted by Crippen LogP contribution is 2.22. The molecule has 1 fully saturated rings. The van der Waals surface area contributed by atoms with Gasteiger partial charge in [0, 0.05) is 31.4 Å². The van der Waals surface area contributed by atoms with E-state index in [-0.39, 0.29) is 12.1 Å². The van der Waals surface area contributed by atoms with Crippen LogP contribution in [-0.4, -0.2) is 24.1 Å². The van der Waals surface area contributed by atoms with E-state index in [0.717, 1.165) is 43.9 Å². The van der Waals surface area contributed by atoms with Gasteiger partial charge in [0.1, 0.15) is 5.82 Å². The van der Waals surface area contributed by atoms with E-state index in [1.54, 1.807) is 6.20 Å². The van der Waals surface area contributed by atoms with Crippen LogP contribution in [0.4, 0.5) is 19.0 Å². The molecule has 1 aliphatic heterocycles. The first-order valence-electron chi connectivity index (χ1n) is 8.11. The van der Waals surface area contributed by atoms with Gasteiger partial charge in [0.2, 0.25) is 0 Å². The van der Waals surface area contributed by atoms with Gasteiger partial charge in [-0.1, -0.05) is 6.07 Å². The molecule has 128 valence electrons. The summed E-state index contributed by atoms with van der Waals surface area (Å²) in [6, 6.07) is 7.95. The molecule has 3 rings (SSSR count). The fourth-order valence-corrected chi connectivity index (χ4v) is 3.09. The van der Waals surface area contributed by atoms with Crippen LogP contribution in [0.15, 0.2) is 36.5 Å². The maximum Gasteiger partial charge on any atom is 0.194 e. The second kappa shape index (κ2) is 7.21. The summed E-state index contributed by atoms with van der Waals surface area (Å²) in [5, 5.41) is 3.38. The number of nitrogens with zero attached hydrogens (tertiary/aromatic N) is 2. The van der Waals surface area contributed by atoms with Gasteiger partial charge < -0.3 is 10.2 Å². The molecule has 1 N–H and O–H groups in total. The van der Waals surface area contributed by atoms with Crippen molar-refractivity contribution in [3.63, 3.8) is 0 Å². The first kappa shape index (κ1) is 16.8. The normalized spacial score (nSPS) is 17.1. The predicted octanol–water partition coefficient (Wildman–Crippen LogP) is 3.82. The highest BCUT2D eigenvalue weighted by atomic mass is 19.2. The lowest BCUT2D eigenvalue weighted by atomic mass is 10.0. The molecule has 0 saturated carbocycles. The number of hydrogen-bond acceptors (Lipinski definition) is 3. The van der Waals surface area contributed by atoms with Crippen LogP contribution in [0.2, 0.25) is 0 Å². The van der Waals surface area contributed by atoms with Gasteiger partial charge in [-0.2, -0.15) is 0 Å². The molecule has 1 saturated heterocycles. The number of anilines is 1. The Hall–Kier alpha value is -2.08. The van der Waals surface area contributed by atoms with E-state index in [4.69, 9.17) is 0 Å². The van der Waals surface area contributed by atoms with Crippen LogP contribution in [0.3, 0.4) is 0 Å². The molecule has 0 amide bonds. The Labute approximate surface area is 139 Å². The van der Waals surface area contributed by atoms with Gasteiger partial charge in [-0.25, -0.2) is 18.2 Å². The largest absolute Gasteiger partial charge is 0.357 e. The number of nitrogens with one attached hydrogen (secondary N) is 1. The number of halogens is 3. The molecule has 0 spiro atoms. The van der Waals surface area contributed by atoms with Crippen molar-refractivity contribution < 1.29 is 13.2 Å². The van der Waals surface area contributed by atoms with E-state index < -0.39 is 17.5 Å². The molecule has 1 aromatic heterocycles. The summed E-state index contributed by atoms with van der Waals surface area (Å²) in [5.41, 5.74) is 0.415. The van der Waals surface area contributed by atoms with E-state index >= 15 is 0 Å². The third kappa shape index (κ3) is 3.70. The Morgan fingerprint density at radius 2 is 1.79 bits per heavy atom. The van der Waals surface area contributed by atoms with Crippen molar-refractivity contribution in [1.29, 1.82) is 0 Å². The zero-order valence-electron chi connectivity index (χ0n) is 13.5. The quantitative estimate of drug-likeness (QED) is 0.861. The van der Waals surface area contributed by atoms with E-state index in [1.807, 2.05) is 25.1 Å². The molecule has 1 aliphatic rings. The van der Waals surface area contributed by atoms with Gasteiger partial charge in [-0.05, 0) is 49.6 Å². The summed E-state index contributed by atoms with van der Waals surface area (Å²) in [5.74, 6) is -2.76. The van der Waals surface area contributed by atoms with Crippen molar-refractivity contribution in [3.8, 4) is 0 Å². The monoisotopic (exact) mass is 335 g/mol. The molecule has 0 bridgehead atoms. The van der Waals surface area contributed by atoms with Gasteiger partial charge in [-0.3, -0.25) is 0 Å². The minimum Gasteiger partial charge on any atom is -0.357 e. The molecule has 2 heterocycles. The zero-order chi connectivity index (χ0) is 17.1. The van der Waals surface area contributed by atoms with E-state index in [9.17, 15) is 13.2 Å². The fourth-order valence-electron chi connectivity index (χ4n) is 3.09. The molecule has 1 atom stereocenters. The molecule has 6 heteroatoms. The Kier molecular flexibility index (Phi) is 5.04. The lowest BCUT2D eigenvalue weighted by Crippen LogP contribution is -2.43. The highest BCUT2D eigenvalue weighted by Gasteiger charge is 2.22. The van der Waals surface area contributed by atoms with Gasteiger partial charge in [0.05, 0.1) is 0 Å². The van der Waals surface area contributed by atoms with Crippen LogP contribution in [0.25, 0.3) is 0 Å². The van der Waals surface area contributed by atoms with Crippen LogP contribution in [0.5, 0.6) is 0 Å². The topological polar surface area (TPSA) is 28.2 Å². The van der Waals surface area contributed by atoms with Crippen molar-refractivity contribution in [2.45, 2.75) is 31.8 Å². The number of hydrogen-bond donors (Lipinski definition) is 1. The van der Waals surface area contributed by atoms with Gasteiger partial charge in [0.25, 0.3) is 0 Å². The fraction of sp³-hybridized carbons (Fsp3) is 0.389. The Bertz CT molecular complexity index is 662. The van der Waals surface area contributed by atoms with Crippen molar-refractivity contribution in [2.24, 2.45) is 0 Å². The lowest BCUT2D eigenvalue weighted by Gasteiger charge is -2.34. The first-order chi connectivity index (χ1) is 11.5. The molecule has 0 radical (unpaired) electrons. The van der Waals surface area contributed by atoms with Crippen LogP contribution in [0, 0.1) is 17.5 Å². The molecule has 2 aromatic rings. The Morgan fingerprint density at radius 1 is 1.12 bits per heavy atom. The molecule has 24 heavy (non-hydrogen) atoms. The molecular weight excluding hydrogens is 315 g/mol. The standard InChI is InChI=1S/C18H20F3N3/c1-12(13-10-15(19)18(21)16(20)11-13)23-14-5-8-24(9-6-14)17-4-2-3-7-22-17/h2-4,7,10-12,14,23H,5-6,8-9H2,1H3. The maximum absolute atomic E-state index is 13.4. The minimum absolute atomic E-state index is 0.246. The van der Waals surface area contributed by atoms with E-state index in [1.165, 1.54) is 0 Å². The van der Waals surface area contributed by atoms with Crippen molar-refractivity contribution in [2.75, 3.05) is 18.0 Å². The molecule has 1 aromatic carbocycles. The van der Waals surface area contributed by atoms with E-state index in [0.29, 0.717) is 5.56 Å². The number of pyridine rings is 1. The SMILES string of the molecule is CC(NC1CCN(c2ccccn2)CC1)c1cc(F)c(F)c(F)c1. The summed E-state index contributed by atoms with van der Waals surface area (Å²) in [4.78, 5) is 6.57. The number of benzene rings is 1. The number of piperidine rings is 1. The third-order valence-corrected chi connectivity index (χ3v) is 4.46. The first-order valence-corrected chi connectivity index (χ1v) is 8.11. The Morgan fingerprint density at radius 3 is 2.38 bits per heavy atom. The minimum atomic E-state index is -1.42. The van der Waals surface area contributed by atoms with Crippen molar-refractivity contribution in [3.05, 3.63) is 59.5 Å². The average molecular weight is 335 g/mol. The lowest BCUT2D eigenvalue weighted by molar-refractivity contribution is 0.376. The van der Waals surface area contributed by atoms with Gasteiger partial charge in [0.15, 0.2) is 17.5 Å². The van der Waals surface area contributed by atoms with E-state index in [2.05, 4.69) is 15.2 Å². The summed E-state index contributed by atoms with van der Waals surface area (Å²) in [6.07, 6.45) is 3.60. The number of rotatable bonds is 4. The van der Waals surface area contributed by atoms with Gasteiger partial charge >= 0.3 is 0 Å². The summed E-state index contributed by atoms with van der Waals surface area (Å²) in [6.45, 7) is 3.57. The van der Waals surface area contributed by atoms with Crippen LogP contribution in [0.1, 0.15) is 31.4 Å². The molecule has 3 nitrogen and oxygen atoms in total. The summed E-state index contributed by atoms with van der Waals surface area (Å²) >= 11 is 0. The van der Waals surface area contributed by atoms with Crippen LogP contribution < -0.4 is 10.2 Å².